The molecule has 0 saturated heterocycles. The van der Waals surface area contributed by atoms with Crippen LogP contribution in [0, 0.1) is 13.8 Å². The molecule has 144 valence electrons. The van der Waals surface area contributed by atoms with Gasteiger partial charge in [0.25, 0.3) is 0 Å². The van der Waals surface area contributed by atoms with Crippen molar-refractivity contribution in [2.45, 2.75) is 69.4 Å². The van der Waals surface area contributed by atoms with Crippen molar-refractivity contribution in [1.29, 1.82) is 0 Å². The van der Waals surface area contributed by atoms with E-state index in [9.17, 15) is 13.2 Å². The summed E-state index contributed by atoms with van der Waals surface area (Å²) in [7, 11) is -3.90. The number of rotatable bonds is 7. The fourth-order valence-electron chi connectivity index (χ4n) is 3.10. The van der Waals surface area contributed by atoms with E-state index in [0.717, 1.165) is 12.8 Å². The lowest BCUT2D eigenvalue weighted by atomic mass is 9.98. The average Bonchev–Trinajstić information content (AvgIpc) is 3.06. The second-order valence-electron chi connectivity index (χ2n) is 6.57. The first-order valence-corrected chi connectivity index (χ1v) is 9.67. The molecule has 2 rings (SSSR count). The molecule has 0 spiro atoms. The molecule has 4 N–H and O–H groups in total. The van der Waals surface area contributed by atoms with E-state index in [1.807, 2.05) is 6.92 Å². The summed E-state index contributed by atoms with van der Waals surface area (Å²) in [6.45, 7) is 5.39. The topological polar surface area (TPSA) is 127 Å². The maximum atomic E-state index is 12.8. The van der Waals surface area contributed by atoms with Crippen molar-refractivity contribution in [3.63, 3.8) is 0 Å². The highest BCUT2D eigenvalue weighted by molar-refractivity contribution is 7.89. The number of nitrogens with two attached hydrogens (primary N) is 1. The van der Waals surface area contributed by atoms with Crippen LogP contribution in [0.5, 0.6) is 0 Å². The summed E-state index contributed by atoms with van der Waals surface area (Å²) in [5, 5.41) is 6.49. The molecule has 0 aliphatic heterocycles. The number of sulfonamides is 1. The van der Waals surface area contributed by atoms with Crippen LogP contribution in [0.15, 0.2) is 9.42 Å². The summed E-state index contributed by atoms with van der Waals surface area (Å²) in [5.41, 5.74) is 4.85. The van der Waals surface area contributed by atoms with E-state index in [-0.39, 0.29) is 40.7 Å². The molecule has 1 atom stereocenters. The third kappa shape index (κ3) is 4.93. The van der Waals surface area contributed by atoms with Gasteiger partial charge in [0.05, 0.1) is 0 Å². The van der Waals surface area contributed by atoms with Crippen LogP contribution in [-0.4, -0.2) is 37.6 Å². The number of aryl methyl sites for hydroxylation is 2. The highest BCUT2D eigenvalue weighted by Gasteiger charge is 2.45. The van der Waals surface area contributed by atoms with Crippen molar-refractivity contribution in [2.24, 2.45) is 5.73 Å². The van der Waals surface area contributed by atoms with Crippen LogP contribution in [0.25, 0.3) is 0 Å². The van der Waals surface area contributed by atoms with Crippen LogP contribution < -0.4 is 15.8 Å². The number of hydrogen-bond acceptors (Lipinski definition) is 6. The van der Waals surface area contributed by atoms with E-state index in [2.05, 4.69) is 15.2 Å². The maximum Gasteiger partial charge on any atom is 0.246 e. The smallest absolute Gasteiger partial charge is 0.246 e. The minimum Gasteiger partial charge on any atom is -0.360 e. The molecular weight excluding hydrogens is 368 g/mol. The minimum absolute atomic E-state index is 0. The van der Waals surface area contributed by atoms with Crippen molar-refractivity contribution in [3.05, 3.63) is 11.5 Å². The van der Waals surface area contributed by atoms with Crippen LogP contribution in [0.2, 0.25) is 0 Å². The first-order valence-electron chi connectivity index (χ1n) is 8.19. The van der Waals surface area contributed by atoms with Gasteiger partial charge in [-0.1, -0.05) is 18.0 Å². The molecule has 1 heterocycles. The Balaban J connectivity index is 0.00000312. The number of hydrogen-bond donors (Lipinski definition) is 3. The number of halogens is 1. The van der Waals surface area contributed by atoms with Gasteiger partial charge in [0.1, 0.15) is 16.1 Å². The Morgan fingerprint density at radius 3 is 2.44 bits per heavy atom. The van der Waals surface area contributed by atoms with Crippen molar-refractivity contribution in [2.75, 3.05) is 6.54 Å². The highest BCUT2D eigenvalue weighted by atomic mass is 35.5. The molecule has 0 radical (unpaired) electrons. The quantitative estimate of drug-likeness (QED) is 0.636. The molecule has 1 aliphatic rings. The summed E-state index contributed by atoms with van der Waals surface area (Å²) in [5.74, 6) is -0.0819. The van der Waals surface area contributed by atoms with E-state index >= 15 is 0 Å². The molecule has 1 saturated carbocycles. The summed E-state index contributed by atoms with van der Waals surface area (Å²) < 4.78 is 33.1. The van der Waals surface area contributed by atoms with Crippen molar-refractivity contribution >= 4 is 28.3 Å². The third-order valence-electron chi connectivity index (χ3n) is 4.34. The molecule has 1 aromatic rings. The predicted molar refractivity (Wildman–Crippen MR) is 96.0 cm³/mol. The Morgan fingerprint density at radius 2 is 1.96 bits per heavy atom. The van der Waals surface area contributed by atoms with Gasteiger partial charge in [0, 0.05) is 12.6 Å². The SMILES string of the molecule is Cc1noc(C)c1S(=O)(=O)NC1(C(=O)NCCC(C)N)CCCC1.Cl. The zero-order chi connectivity index (χ0) is 18.0. The minimum atomic E-state index is -3.90. The summed E-state index contributed by atoms with van der Waals surface area (Å²) in [4.78, 5) is 12.7. The van der Waals surface area contributed by atoms with Gasteiger partial charge < -0.3 is 15.6 Å². The molecule has 25 heavy (non-hydrogen) atoms. The number of amides is 1. The molecule has 1 unspecified atom stereocenters. The lowest BCUT2D eigenvalue weighted by Gasteiger charge is -2.28. The molecular formula is C15H27ClN4O4S. The Kier molecular flexibility index (Phi) is 7.42. The fraction of sp³-hybridized carbons (Fsp3) is 0.733. The number of carbonyl (C=O) groups excluding carboxylic acids is 1. The number of carbonyl (C=O) groups is 1. The summed E-state index contributed by atoms with van der Waals surface area (Å²) >= 11 is 0. The van der Waals surface area contributed by atoms with Crippen LogP contribution in [-0.2, 0) is 14.8 Å². The first kappa shape index (κ1) is 21.9. The second-order valence-corrected chi connectivity index (χ2v) is 8.19. The van der Waals surface area contributed by atoms with Gasteiger partial charge in [0.2, 0.25) is 15.9 Å². The van der Waals surface area contributed by atoms with Crippen molar-refractivity contribution in [1.82, 2.24) is 15.2 Å². The number of aromatic nitrogens is 1. The average molecular weight is 395 g/mol. The Hall–Kier alpha value is -1.16. The van der Waals surface area contributed by atoms with Gasteiger partial charge in [-0.2, -0.15) is 4.72 Å². The van der Waals surface area contributed by atoms with Gasteiger partial charge in [-0.3, -0.25) is 4.79 Å². The Bertz CT molecular complexity index is 677. The molecule has 1 aromatic heterocycles. The number of nitrogens with zero attached hydrogens (tertiary/aromatic N) is 1. The van der Waals surface area contributed by atoms with Gasteiger partial charge in [-0.15, -0.1) is 12.4 Å². The van der Waals surface area contributed by atoms with E-state index in [4.69, 9.17) is 10.3 Å². The summed E-state index contributed by atoms with van der Waals surface area (Å²) in [6.07, 6.45) is 3.17. The van der Waals surface area contributed by atoms with Gasteiger partial charge in [-0.25, -0.2) is 8.42 Å². The zero-order valence-corrected chi connectivity index (χ0v) is 16.4. The highest BCUT2D eigenvalue weighted by Crippen LogP contribution is 2.32. The molecule has 8 nitrogen and oxygen atoms in total. The molecule has 10 heteroatoms. The van der Waals surface area contributed by atoms with Crippen LogP contribution >= 0.6 is 12.4 Å². The standard InChI is InChI=1S/C15H26N4O4S.ClH/c1-10(16)6-9-17-14(20)15(7-4-5-8-15)19-24(21,22)13-11(2)18-23-12(13)3;/h10,19H,4-9,16H2,1-3H3,(H,17,20);1H. The van der Waals surface area contributed by atoms with Crippen LogP contribution in [0.4, 0.5) is 0 Å². The van der Waals surface area contributed by atoms with Crippen molar-refractivity contribution in [3.8, 4) is 0 Å². The fourth-order valence-corrected chi connectivity index (χ4v) is 4.86. The maximum absolute atomic E-state index is 12.8. The normalized spacial score (nSPS) is 17.8. The molecule has 1 amide bonds. The Labute approximate surface area is 154 Å². The Morgan fingerprint density at radius 1 is 1.36 bits per heavy atom. The number of nitrogens with one attached hydrogen (secondary N) is 2. The van der Waals surface area contributed by atoms with Gasteiger partial charge in [-0.05, 0) is 40.0 Å². The third-order valence-corrected chi connectivity index (χ3v) is 6.12. The van der Waals surface area contributed by atoms with Gasteiger partial charge >= 0.3 is 0 Å². The van der Waals surface area contributed by atoms with E-state index in [1.54, 1.807) is 13.8 Å². The first-order chi connectivity index (χ1) is 11.2. The van der Waals surface area contributed by atoms with E-state index in [0.29, 0.717) is 25.8 Å². The molecule has 1 fully saturated rings. The largest absolute Gasteiger partial charge is 0.360 e. The zero-order valence-electron chi connectivity index (χ0n) is 14.8. The summed E-state index contributed by atoms with van der Waals surface area (Å²) in [6, 6.07) is -0.0242. The second kappa shape index (κ2) is 8.48. The molecule has 0 aromatic carbocycles. The van der Waals surface area contributed by atoms with Crippen molar-refractivity contribution < 1.29 is 17.7 Å². The lowest BCUT2D eigenvalue weighted by molar-refractivity contribution is -0.126. The van der Waals surface area contributed by atoms with Gasteiger partial charge in [0.15, 0.2) is 5.76 Å². The predicted octanol–water partition coefficient (Wildman–Crippen LogP) is 1.16. The van der Waals surface area contributed by atoms with E-state index < -0.39 is 15.6 Å². The monoisotopic (exact) mass is 394 g/mol. The lowest BCUT2D eigenvalue weighted by Crippen LogP contribution is -2.57. The van der Waals surface area contributed by atoms with Crippen LogP contribution in [0.1, 0.15) is 50.5 Å². The molecule has 0 bridgehead atoms. The van der Waals surface area contributed by atoms with E-state index in [1.165, 1.54) is 0 Å². The van der Waals surface area contributed by atoms with Crippen LogP contribution in [0.3, 0.4) is 0 Å². The molecule has 1 aliphatic carbocycles.